The van der Waals surface area contributed by atoms with E-state index in [0.717, 1.165) is 7.11 Å². The fourth-order valence-corrected chi connectivity index (χ4v) is 1.53. The van der Waals surface area contributed by atoms with Gasteiger partial charge in [-0.05, 0) is 0 Å². The van der Waals surface area contributed by atoms with Crippen LogP contribution in [0.15, 0.2) is 42.4 Å². The molecule has 0 spiro atoms. The highest BCUT2D eigenvalue weighted by Crippen LogP contribution is 2.07. The second kappa shape index (κ2) is 8.11. The molecule has 0 aromatic heterocycles. The number of benzene rings is 1. The molecule has 0 saturated carbocycles. The van der Waals surface area contributed by atoms with E-state index in [4.69, 9.17) is 0 Å². The van der Waals surface area contributed by atoms with Crippen molar-refractivity contribution >= 4 is 14.7 Å². The summed E-state index contributed by atoms with van der Waals surface area (Å²) in [6.45, 7) is 2.30. The molecular formula is C10H13F3OSi. The topological polar surface area (TPSA) is 9.23 Å². The molecule has 0 saturated heterocycles. The Morgan fingerprint density at radius 2 is 1.67 bits per heavy atom. The Hall–Kier alpha value is -1.23. The van der Waals surface area contributed by atoms with Crippen LogP contribution in [0, 0.1) is 0 Å². The van der Waals surface area contributed by atoms with Crippen molar-refractivity contribution in [3.63, 3.8) is 0 Å². The first-order valence-corrected chi connectivity index (χ1v) is 6.52. The molecule has 0 heterocycles. The molecule has 1 nitrogen and oxygen atoms in total. The van der Waals surface area contributed by atoms with Gasteiger partial charge in [0.15, 0.2) is 0 Å². The highest BCUT2D eigenvalue weighted by Gasteiger charge is 2.00. The van der Waals surface area contributed by atoms with Gasteiger partial charge in [0, 0.05) is 0 Å². The van der Waals surface area contributed by atoms with Gasteiger partial charge in [0.2, 0.25) is 0 Å². The SMILES string of the molecule is COC(F)=C(F)F.C[SiH2]c1ccccc1. The monoisotopic (exact) mass is 234 g/mol. The first kappa shape index (κ1) is 13.8. The lowest BCUT2D eigenvalue weighted by Crippen LogP contribution is -2.07. The van der Waals surface area contributed by atoms with Gasteiger partial charge >= 0.3 is 12.1 Å². The fraction of sp³-hybridized carbons (Fsp3) is 0.200. The van der Waals surface area contributed by atoms with Crippen LogP contribution in [0.3, 0.4) is 0 Å². The van der Waals surface area contributed by atoms with Crippen molar-refractivity contribution in [3.8, 4) is 0 Å². The average Bonchev–Trinajstić information content (AvgIpc) is 2.29. The van der Waals surface area contributed by atoms with Crippen LogP contribution in [-0.2, 0) is 4.74 Å². The van der Waals surface area contributed by atoms with Crippen LogP contribution in [0.2, 0.25) is 6.55 Å². The molecule has 84 valence electrons. The molecule has 0 fully saturated rings. The highest BCUT2D eigenvalue weighted by atomic mass is 28.2. The average molecular weight is 234 g/mol. The van der Waals surface area contributed by atoms with Crippen LogP contribution >= 0.6 is 0 Å². The van der Waals surface area contributed by atoms with Crippen LogP contribution in [0.5, 0.6) is 0 Å². The molecule has 15 heavy (non-hydrogen) atoms. The van der Waals surface area contributed by atoms with Gasteiger partial charge < -0.3 is 4.74 Å². The van der Waals surface area contributed by atoms with Crippen molar-refractivity contribution in [2.45, 2.75) is 6.55 Å². The lowest BCUT2D eigenvalue weighted by Gasteiger charge is -1.89. The quantitative estimate of drug-likeness (QED) is 0.563. The van der Waals surface area contributed by atoms with Gasteiger partial charge in [-0.1, -0.05) is 42.1 Å². The van der Waals surface area contributed by atoms with Gasteiger partial charge in [0.1, 0.15) is 0 Å². The minimum absolute atomic E-state index is 0.0913. The summed E-state index contributed by atoms with van der Waals surface area (Å²) in [4.78, 5) is 0. The van der Waals surface area contributed by atoms with Crippen molar-refractivity contribution in [1.82, 2.24) is 0 Å². The van der Waals surface area contributed by atoms with Crippen molar-refractivity contribution in [2.75, 3.05) is 7.11 Å². The predicted octanol–water partition coefficient (Wildman–Crippen LogP) is 2.20. The van der Waals surface area contributed by atoms with E-state index >= 15 is 0 Å². The van der Waals surface area contributed by atoms with Crippen LogP contribution in [0.4, 0.5) is 13.2 Å². The molecule has 0 unspecified atom stereocenters. The highest BCUT2D eigenvalue weighted by molar-refractivity contribution is 6.51. The number of halogens is 3. The van der Waals surface area contributed by atoms with Crippen molar-refractivity contribution in [1.29, 1.82) is 0 Å². The van der Waals surface area contributed by atoms with E-state index in [9.17, 15) is 13.2 Å². The van der Waals surface area contributed by atoms with Gasteiger partial charge in [-0.15, -0.1) is 0 Å². The molecular weight excluding hydrogens is 221 g/mol. The lowest BCUT2D eigenvalue weighted by molar-refractivity contribution is 0.166. The minimum atomic E-state index is -2.43. The fourth-order valence-electron chi connectivity index (χ4n) is 0.791. The first-order chi connectivity index (χ1) is 7.11. The zero-order chi connectivity index (χ0) is 11.7. The minimum Gasteiger partial charge on any atom is -0.470 e. The Morgan fingerprint density at radius 1 is 1.13 bits per heavy atom. The van der Waals surface area contributed by atoms with Gasteiger partial charge in [-0.25, -0.2) is 0 Å². The van der Waals surface area contributed by atoms with Gasteiger partial charge in [-0.2, -0.15) is 13.2 Å². The number of ether oxygens (including phenoxy) is 1. The zero-order valence-corrected chi connectivity index (χ0v) is 10.1. The summed E-state index contributed by atoms with van der Waals surface area (Å²) in [5, 5.41) is 1.55. The van der Waals surface area contributed by atoms with E-state index in [1.165, 1.54) is 0 Å². The van der Waals surface area contributed by atoms with Gasteiger partial charge in [0.05, 0.1) is 16.6 Å². The summed E-state index contributed by atoms with van der Waals surface area (Å²) < 4.78 is 36.3. The predicted molar refractivity (Wildman–Crippen MR) is 57.8 cm³/mol. The second-order valence-corrected chi connectivity index (χ2v) is 4.10. The second-order valence-electron chi connectivity index (χ2n) is 2.58. The number of hydrogen-bond acceptors (Lipinski definition) is 1. The van der Waals surface area contributed by atoms with E-state index in [-0.39, 0.29) is 9.52 Å². The Morgan fingerprint density at radius 3 is 1.87 bits per heavy atom. The molecule has 0 radical (unpaired) electrons. The zero-order valence-electron chi connectivity index (χ0n) is 8.64. The van der Waals surface area contributed by atoms with E-state index in [2.05, 4.69) is 41.6 Å². The maximum Gasteiger partial charge on any atom is 0.342 e. The maximum atomic E-state index is 11.2. The molecule has 5 heteroatoms. The molecule has 0 atom stereocenters. The number of rotatable bonds is 2. The number of hydrogen-bond donors (Lipinski definition) is 0. The van der Waals surface area contributed by atoms with Crippen LogP contribution in [-0.4, -0.2) is 16.6 Å². The normalized spacial score (nSPS) is 9.40. The molecule has 1 aromatic rings. The molecule has 0 aliphatic rings. The largest absolute Gasteiger partial charge is 0.470 e. The Balaban J connectivity index is 0.000000265. The molecule has 0 bridgehead atoms. The third-order valence-corrected chi connectivity index (χ3v) is 2.87. The summed E-state index contributed by atoms with van der Waals surface area (Å²) in [6, 6.07) is 8.85. The number of methoxy groups -OCH3 is 1. The Labute approximate surface area is 89.4 Å². The van der Waals surface area contributed by atoms with E-state index in [0.29, 0.717) is 0 Å². The third kappa shape index (κ3) is 6.79. The Bertz CT molecular complexity index is 297. The smallest absolute Gasteiger partial charge is 0.342 e. The van der Waals surface area contributed by atoms with Crippen LogP contribution in [0.25, 0.3) is 0 Å². The molecule has 1 aromatic carbocycles. The molecule has 0 amide bonds. The molecule has 0 N–H and O–H groups in total. The van der Waals surface area contributed by atoms with E-state index in [1.807, 2.05) is 0 Å². The lowest BCUT2D eigenvalue weighted by atomic mass is 10.4. The summed E-state index contributed by atoms with van der Waals surface area (Å²) in [7, 11) is 0.919. The summed E-state index contributed by atoms with van der Waals surface area (Å²) in [5.41, 5.74) is 0. The van der Waals surface area contributed by atoms with E-state index < -0.39 is 12.1 Å². The maximum absolute atomic E-state index is 11.2. The van der Waals surface area contributed by atoms with Crippen molar-refractivity contribution in [3.05, 3.63) is 42.4 Å². The molecule has 0 aliphatic heterocycles. The van der Waals surface area contributed by atoms with Crippen LogP contribution < -0.4 is 5.19 Å². The third-order valence-electron chi connectivity index (χ3n) is 1.58. The van der Waals surface area contributed by atoms with E-state index in [1.54, 1.807) is 5.19 Å². The van der Waals surface area contributed by atoms with Crippen molar-refractivity contribution < 1.29 is 17.9 Å². The summed E-state index contributed by atoms with van der Waals surface area (Å²) >= 11 is 0. The standard InChI is InChI=1S/C7H10Si.C3H3F3O/c1-8-7-5-3-2-4-6-7;1-7-3(6)2(4)5/h2-6H,8H2,1H3;1H3. The Kier molecular flexibility index (Phi) is 7.44. The summed E-state index contributed by atoms with van der Waals surface area (Å²) in [5.74, 6) is 0. The van der Waals surface area contributed by atoms with Crippen LogP contribution in [0.1, 0.15) is 0 Å². The molecule has 1 rings (SSSR count). The molecule has 0 aliphatic carbocycles. The first-order valence-electron chi connectivity index (χ1n) is 4.40. The summed E-state index contributed by atoms with van der Waals surface area (Å²) in [6.07, 6.45) is -2.43. The van der Waals surface area contributed by atoms with Gasteiger partial charge in [-0.3, -0.25) is 0 Å². The van der Waals surface area contributed by atoms with Gasteiger partial charge in [0.25, 0.3) is 0 Å². The van der Waals surface area contributed by atoms with Crippen molar-refractivity contribution in [2.24, 2.45) is 0 Å².